The number of aromatic nitrogens is 4. The molecule has 1 amide bonds. The second-order valence-corrected chi connectivity index (χ2v) is 11.3. The number of nitrogens with zero attached hydrogens (tertiary/aromatic N) is 4. The van der Waals surface area contributed by atoms with Crippen LogP contribution in [0.1, 0.15) is 85.1 Å². The quantitative estimate of drug-likeness (QED) is 0.303. The van der Waals surface area contributed by atoms with Gasteiger partial charge in [0.05, 0.1) is 6.54 Å². The standard InChI is InChI=1S/C30H37F3N6O2/c31-30(32,33)41-27-16-8-22(9-17-27)20-39(26-14-12-24(13-15-26)23-4-2-1-3-5-23)19-21-6-10-25(11-7-21)29(40)34-18-28-35-37-38-36-28/h6-11,16-17,23-24,26H,1-5,12-15,18-20H2,(H,34,40)(H,35,36,37,38). The van der Waals surface area contributed by atoms with Gasteiger partial charge in [-0.1, -0.05) is 61.6 Å². The minimum absolute atomic E-state index is 0.182. The number of H-pyrrole nitrogens is 1. The van der Waals surface area contributed by atoms with Gasteiger partial charge in [0, 0.05) is 24.7 Å². The number of nitrogens with one attached hydrogen (secondary N) is 2. The SMILES string of the molecule is O=C(NCc1nn[nH]n1)c1ccc(CN(Cc2ccc(OC(F)(F)F)cc2)C2CCC(C3CCCCC3)CC2)cc1. The summed E-state index contributed by atoms with van der Waals surface area (Å²) in [4.78, 5) is 15.0. The Bertz CT molecular complexity index is 1220. The van der Waals surface area contributed by atoms with Gasteiger partial charge in [-0.2, -0.15) is 5.21 Å². The normalized spacial score (nSPS) is 20.2. The Morgan fingerprint density at radius 1 is 0.878 bits per heavy atom. The summed E-state index contributed by atoms with van der Waals surface area (Å²) in [5, 5.41) is 16.3. The fourth-order valence-electron chi connectivity index (χ4n) is 6.40. The molecule has 41 heavy (non-hydrogen) atoms. The average Bonchev–Trinajstić information content (AvgIpc) is 3.51. The summed E-state index contributed by atoms with van der Waals surface area (Å²) in [5.74, 6) is 1.63. The molecule has 2 saturated carbocycles. The highest BCUT2D eigenvalue weighted by atomic mass is 19.4. The zero-order chi connectivity index (χ0) is 28.7. The Morgan fingerprint density at radius 3 is 2.07 bits per heavy atom. The molecule has 220 valence electrons. The molecule has 0 radical (unpaired) electrons. The highest BCUT2D eigenvalue weighted by molar-refractivity contribution is 5.94. The number of carbonyl (C=O) groups excluding carboxylic acids is 1. The number of halogens is 3. The fourth-order valence-corrected chi connectivity index (χ4v) is 6.40. The number of hydrogen-bond acceptors (Lipinski definition) is 6. The lowest BCUT2D eigenvalue weighted by atomic mass is 9.72. The summed E-state index contributed by atoms with van der Waals surface area (Å²) in [7, 11) is 0. The number of carbonyl (C=O) groups is 1. The molecule has 0 aliphatic heterocycles. The van der Waals surface area contributed by atoms with Crippen LogP contribution in [-0.4, -0.2) is 43.8 Å². The van der Waals surface area contributed by atoms with Gasteiger partial charge < -0.3 is 10.1 Å². The van der Waals surface area contributed by atoms with Crippen molar-refractivity contribution in [3.05, 3.63) is 71.0 Å². The lowest BCUT2D eigenvalue weighted by Gasteiger charge is -2.40. The molecular weight excluding hydrogens is 533 g/mol. The summed E-state index contributed by atoms with van der Waals surface area (Å²) in [6.45, 7) is 1.49. The Kier molecular flexibility index (Phi) is 9.53. The molecular formula is C30H37F3N6O2. The monoisotopic (exact) mass is 570 g/mol. The molecule has 1 aromatic heterocycles. The van der Waals surface area contributed by atoms with Crippen LogP contribution in [0.25, 0.3) is 0 Å². The van der Waals surface area contributed by atoms with Gasteiger partial charge in [0.1, 0.15) is 5.75 Å². The lowest BCUT2D eigenvalue weighted by molar-refractivity contribution is -0.274. The number of amides is 1. The average molecular weight is 571 g/mol. The number of rotatable bonds is 10. The van der Waals surface area contributed by atoms with E-state index in [0.29, 0.717) is 30.5 Å². The zero-order valence-electron chi connectivity index (χ0n) is 23.1. The third-order valence-electron chi connectivity index (χ3n) is 8.51. The first-order valence-corrected chi connectivity index (χ1v) is 14.5. The Hall–Kier alpha value is -3.47. The first kappa shape index (κ1) is 29.0. The van der Waals surface area contributed by atoms with Crippen LogP contribution in [0, 0.1) is 11.8 Å². The van der Waals surface area contributed by atoms with Crippen molar-refractivity contribution in [2.75, 3.05) is 0 Å². The van der Waals surface area contributed by atoms with Crippen molar-refractivity contribution in [1.29, 1.82) is 0 Å². The van der Waals surface area contributed by atoms with Crippen LogP contribution < -0.4 is 10.1 Å². The third-order valence-corrected chi connectivity index (χ3v) is 8.51. The van der Waals surface area contributed by atoms with E-state index in [4.69, 9.17) is 0 Å². The molecule has 2 aliphatic rings. The van der Waals surface area contributed by atoms with Gasteiger partial charge in [-0.05, 0) is 72.9 Å². The highest BCUT2D eigenvalue weighted by Crippen LogP contribution is 2.40. The molecule has 0 saturated heterocycles. The van der Waals surface area contributed by atoms with Gasteiger partial charge >= 0.3 is 6.36 Å². The summed E-state index contributed by atoms with van der Waals surface area (Å²) < 4.78 is 41.9. The van der Waals surface area contributed by atoms with Crippen LogP contribution in [-0.2, 0) is 19.6 Å². The molecule has 3 aromatic rings. The summed E-state index contributed by atoms with van der Waals surface area (Å²) >= 11 is 0. The largest absolute Gasteiger partial charge is 0.573 e. The van der Waals surface area contributed by atoms with Gasteiger partial charge in [-0.15, -0.1) is 23.4 Å². The van der Waals surface area contributed by atoms with E-state index >= 15 is 0 Å². The van der Waals surface area contributed by atoms with E-state index in [9.17, 15) is 18.0 Å². The highest BCUT2D eigenvalue weighted by Gasteiger charge is 2.32. The van der Waals surface area contributed by atoms with Crippen LogP contribution in [0.3, 0.4) is 0 Å². The topological polar surface area (TPSA) is 96.0 Å². The molecule has 1 heterocycles. The van der Waals surface area contributed by atoms with Gasteiger partial charge in [0.2, 0.25) is 0 Å². The first-order chi connectivity index (χ1) is 19.8. The molecule has 0 spiro atoms. The molecule has 0 bridgehead atoms. The molecule has 2 aromatic carbocycles. The number of alkyl halides is 3. The number of aromatic amines is 1. The molecule has 5 rings (SSSR count). The maximum atomic E-state index is 12.6. The van der Waals surface area contributed by atoms with Crippen LogP contribution in [0.2, 0.25) is 0 Å². The van der Waals surface area contributed by atoms with Gasteiger partial charge in [-0.25, -0.2) is 0 Å². The zero-order valence-corrected chi connectivity index (χ0v) is 23.1. The molecule has 0 atom stereocenters. The predicted octanol–water partition coefficient (Wildman–Crippen LogP) is 6.17. The van der Waals surface area contributed by atoms with E-state index in [1.54, 1.807) is 12.1 Å². The minimum atomic E-state index is -4.71. The van der Waals surface area contributed by atoms with Crippen molar-refractivity contribution in [2.24, 2.45) is 11.8 Å². The molecule has 11 heteroatoms. The Labute approximate surface area is 238 Å². The van der Waals surface area contributed by atoms with Crippen molar-refractivity contribution in [3.63, 3.8) is 0 Å². The number of benzene rings is 2. The van der Waals surface area contributed by atoms with E-state index in [1.807, 2.05) is 24.3 Å². The van der Waals surface area contributed by atoms with Crippen molar-refractivity contribution in [1.82, 2.24) is 30.8 Å². The number of ether oxygens (including phenoxy) is 1. The van der Waals surface area contributed by atoms with E-state index in [0.717, 1.165) is 35.8 Å². The summed E-state index contributed by atoms with van der Waals surface area (Å²) in [6, 6.07) is 14.1. The molecule has 0 unspecified atom stereocenters. The summed E-state index contributed by atoms with van der Waals surface area (Å²) in [5.41, 5.74) is 2.55. The number of tetrazole rings is 1. The van der Waals surface area contributed by atoms with Gasteiger partial charge in [0.15, 0.2) is 5.82 Å². The van der Waals surface area contributed by atoms with Crippen molar-refractivity contribution in [2.45, 2.75) is 89.8 Å². The Morgan fingerprint density at radius 2 is 1.49 bits per heavy atom. The fraction of sp³-hybridized carbons (Fsp3) is 0.533. The van der Waals surface area contributed by atoms with Crippen molar-refractivity contribution >= 4 is 5.91 Å². The minimum Gasteiger partial charge on any atom is -0.406 e. The lowest BCUT2D eigenvalue weighted by Crippen LogP contribution is -2.38. The second-order valence-electron chi connectivity index (χ2n) is 11.3. The third kappa shape index (κ3) is 8.51. The maximum Gasteiger partial charge on any atom is 0.573 e. The van der Waals surface area contributed by atoms with Crippen molar-refractivity contribution < 1.29 is 22.7 Å². The van der Waals surface area contributed by atoms with Crippen molar-refractivity contribution in [3.8, 4) is 5.75 Å². The maximum absolute atomic E-state index is 12.6. The van der Waals surface area contributed by atoms with Gasteiger partial charge in [-0.3, -0.25) is 9.69 Å². The predicted molar refractivity (Wildman–Crippen MR) is 146 cm³/mol. The van der Waals surface area contributed by atoms with Crippen LogP contribution >= 0.6 is 0 Å². The summed E-state index contributed by atoms with van der Waals surface area (Å²) in [6.07, 6.45) is 6.78. The number of hydrogen-bond donors (Lipinski definition) is 2. The first-order valence-electron chi connectivity index (χ1n) is 14.5. The molecule has 2 fully saturated rings. The molecule has 2 N–H and O–H groups in total. The molecule has 2 aliphatic carbocycles. The van der Waals surface area contributed by atoms with E-state index in [1.165, 1.54) is 57.1 Å². The molecule has 8 nitrogen and oxygen atoms in total. The van der Waals surface area contributed by atoms with Crippen LogP contribution in [0.15, 0.2) is 48.5 Å². The second kappa shape index (κ2) is 13.5. The van der Waals surface area contributed by atoms with E-state index < -0.39 is 6.36 Å². The van der Waals surface area contributed by atoms with E-state index in [2.05, 4.69) is 35.6 Å². The smallest absolute Gasteiger partial charge is 0.406 e. The van der Waals surface area contributed by atoms with E-state index in [-0.39, 0.29) is 18.2 Å². The van der Waals surface area contributed by atoms with Gasteiger partial charge in [0.25, 0.3) is 5.91 Å². The Balaban J connectivity index is 1.24. The van der Waals surface area contributed by atoms with Crippen LogP contribution in [0.5, 0.6) is 5.75 Å². The van der Waals surface area contributed by atoms with Crippen LogP contribution in [0.4, 0.5) is 13.2 Å².